The molecule has 0 radical (unpaired) electrons. The molecular weight excluding hydrogens is 619 g/mol. The molecular formula is C34H38Cl2N2O7. The molecule has 0 atom stereocenters. The summed E-state index contributed by atoms with van der Waals surface area (Å²) in [6.07, 6.45) is 2.82. The number of hydrogen-bond acceptors (Lipinski definition) is 7. The maximum Gasteiger partial charge on any atom is 0.290 e. The molecule has 0 saturated heterocycles. The third-order valence-electron chi connectivity index (χ3n) is 7.47. The lowest BCUT2D eigenvalue weighted by molar-refractivity contribution is -0.128. The molecule has 0 spiro atoms. The minimum absolute atomic E-state index is 0.0837. The topological polar surface area (TPSA) is 107 Å². The molecule has 0 bridgehead atoms. The summed E-state index contributed by atoms with van der Waals surface area (Å²) in [6, 6.07) is 17.6. The first-order valence-electron chi connectivity index (χ1n) is 14.6. The highest BCUT2D eigenvalue weighted by Crippen LogP contribution is 2.36. The van der Waals surface area contributed by atoms with Gasteiger partial charge < -0.3 is 34.3 Å². The van der Waals surface area contributed by atoms with Gasteiger partial charge in [-0.2, -0.15) is 0 Å². The van der Waals surface area contributed by atoms with Crippen LogP contribution in [-0.2, 0) is 16.1 Å². The van der Waals surface area contributed by atoms with E-state index < -0.39 is 0 Å². The Morgan fingerprint density at radius 3 is 2.24 bits per heavy atom. The van der Waals surface area contributed by atoms with Crippen LogP contribution < -0.4 is 24.3 Å². The van der Waals surface area contributed by atoms with Gasteiger partial charge in [-0.3, -0.25) is 9.59 Å². The minimum Gasteiger partial charge on any atom is -0.493 e. The Hall–Kier alpha value is -3.92. The maximum atomic E-state index is 14.0. The number of carboxylic acid groups (broad SMARTS) is 1. The van der Waals surface area contributed by atoms with Gasteiger partial charge in [-0.15, -0.1) is 0 Å². The van der Waals surface area contributed by atoms with Gasteiger partial charge in [-0.25, -0.2) is 0 Å². The zero-order valence-corrected chi connectivity index (χ0v) is 27.1. The van der Waals surface area contributed by atoms with Gasteiger partial charge in [0.1, 0.15) is 19.0 Å². The summed E-state index contributed by atoms with van der Waals surface area (Å²) < 4.78 is 22.5. The first-order valence-corrected chi connectivity index (χ1v) is 15.4. The Labute approximate surface area is 273 Å². The van der Waals surface area contributed by atoms with E-state index in [1.807, 2.05) is 66.4 Å². The van der Waals surface area contributed by atoms with Crippen LogP contribution in [0.1, 0.15) is 36.0 Å². The Morgan fingerprint density at radius 1 is 0.978 bits per heavy atom. The lowest BCUT2D eigenvalue weighted by Gasteiger charge is -2.28. The van der Waals surface area contributed by atoms with Gasteiger partial charge in [0.25, 0.3) is 12.4 Å². The van der Waals surface area contributed by atoms with E-state index in [9.17, 15) is 4.79 Å². The van der Waals surface area contributed by atoms with Gasteiger partial charge in [0.15, 0.2) is 17.2 Å². The summed E-state index contributed by atoms with van der Waals surface area (Å²) in [5, 5.41) is 11.2. The molecule has 1 amide bonds. The van der Waals surface area contributed by atoms with Crippen molar-refractivity contribution in [2.75, 3.05) is 40.5 Å². The molecule has 3 aromatic carbocycles. The number of ether oxygens (including phenoxy) is 4. The molecule has 0 aromatic heterocycles. The van der Waals surface area contributed by atoms with Crippen LogP contribution in [0.25, 0.3) is 5.57 Å². The molecule has 1 aliphatic carbocycles. The predicted molar refractivity (Wildman–Crippen MR) is 175 cm³/mol. The SMILES string of the molecule is COc1ccc(CN(C(=O)C2=C(c3ccc(OCCOc4c(Cl)cc(C)cc4Cl)cc3)CCNC2)C2CC2)cc1OC.O=CO. The highest BCUT2D eigenvalue weighted by molar-refractivity contribution is 6.37. The zero-order chi connectivity index (χ0) is 32.3. The van der Waals surface area contributed by atoms with E-state index in [0.29, 0.717) is 53.6 Å². The van der Waals surface area contributed by atoms with Crippen LogP contribution in [0.5, 0.6) is 23.0 Å². The minimum atomic E-state index is -0.250. The van der Waals surface area contributed by atoms with E-state index in [0.717, 1.165) is 59.4 Å². The van der Waals surface area contributed by atoms with Gasteiger partial charge in [-0.05, 0) is 91.4 Å². The molecule has 45 heavy (non-hydrogen) atoms. The molecule has 9 nitrogen and oxygen atoms in total. The molecule has 0 unspecified atom stereocenters. The van der Waals surface area contributed by atoms with Crippen molar-refractivity contribution in [2.24, 2.45) is 0 Å². The molecule has 1 aliphatic heterocycles. The van der Waals surface area contributed by atoms with E-state index in [1.54, 1.807) is 14.2 Å². The number of rotatable bonds is 12. The second-order valence-electron chi connectivity index (χ2n) is 10.6. The van der Waals surface area contributed by atoms with Crippen LogP contribution >= 0.6 is 23.2 Å². The lowest BCUT2D eigenvalue weighted by atomic mass is 9.93. The number of methoxy groups -OCH3 is 2. The van der Waals surface area contributed by atoms with E-state index in [2.05, 4.69) is 5.32 Å². The van der Waals surface area contributed by atoms with Crippen LogP contribution in [0, 0.1) is 6.92 Å². The quantitative estimate of drug-likeness (QED) is 0.170. The average molecular weight is 658 g/mol. The standard InChI is InChI=1S/C33H36Cl2N2O5.CH2O2/c1-21-16-28(34)32(29(35)17-21)42-15-14-41-25-9-5-23(6-10-25)26-12-13-36-19-27(26)33(38)37(24-7-8-24)20-22-4-11-30(39-2)31(18-22)40-3;2-1-3/h4-6,9-11,16-18,24,36H,7-8,12-15,19-20H2,1-3H3;1H,(H,2,3). The Kier molecular flexibility index (Phi) is 12.4. The Bertz CT molecular complexity index is 1480. The molecule has 5 rings (SSSR count). The van der Waals surface area contributed by atoms with Crippen molar-refractivity contribution in [2.45, 2.75) is 38.8 Å². The largest absolute Gasteiger partial charge is 0.493 e. The van der Waals surface area contributed by atoms with E-state index in [4.69, 9.17) is 52.1 Å². The highest BCUT2D eigenvalue weighted by Gasteiger charge is 2.35. The average Bonchev–Trinajstić information content (AvgIpc) is 3.89. The molecule has 11 heteroatoms. The van der Waals surface area contributed by atoms with Gasteiger partial charge in [0, 0.05) is 24.7 Å². The lowest BCUT2D eigenvalue weighted by Crippen LogP contribution is -2.39. The summed E-state index contributed by atoms with van der Waals surface area (Å²) in [4.78, 5) is 24.4. The normalized spacial score (nSPS) is 14.2. The number of halogens is 2. The molecule has 1 heterocycles. The number of carbonyl (C=O) groups is 2. The van der Waals surface area contributed by atoms with Crippen molar-refractivity contribution in [3.05, 3.63) is 86.9 Å². The number of benzene rings is 3. The summed E-state index contributed by atoms with van der Waals surface area (Å²) in [5.74, 6) is 2.60. The second-order valence-corrected chi connectivity index (χ2v) is 11.4. The molecule has 1 saturated carbocycles. The van der Waals surface area contributed by atoms with Gasteiger partial charge >= 0.3 is 0 Å². The van der Waals surface area contributed by atoms with Crippen LogP contribution in [0.4, 0.5) is 0 Å². The first kappa shape index (κ1) is 34.0. The molecule has 240 valence electrons. The van der Waals surface area contributed by atoms with Crippen molar-refractivity contribution < 1.29 is 33.6 Å². The van der Waals surface area contributed by atoms with Crippen molar-refractivity contribution in [3.63, 3.8) is 0 Å². The summed E-state index contributed by atoms with van der Waals surface area (Å²) >= 11 is 12.5. The number of aryl methyl sites for hydroxylation is 1. The monoisotopic (exact) mass is 656 g/mol. The van der Waals surface area contributed by atoms with Gasteiger partial charge in [-0.1, -0.05) is 41.4 Å². The fourth-order valence-electron chi connectivity index (χ4n) is 5.19. The molecule has 2 aliphatic rings. The molecule has 2 N–H and O–H groups in total. The number of hydrogen-bond donors (Lipinski definition) is 2. The fourth-order valence-corrected chi connectivity index (χ4v) is 5.89. The van der Waals surface area contributed by atoms with Crippen molar-refractivity contribution in [3.8, 4) is 23.0 Å². The first-order chi connectivity index (χ1) is 21.8. The van der Waals surface area contributed by atoms with Gasteiger partial charge in [0.05, 0.1) is 24.3 Å². The number of nitrogens with zero attached hydrogens (tertiary/aromatic N) is 1. The number of carbonyl (C=O) groups excluding carboxylic acids is 1. The zero-order valence-electron chi connectivity index (χ0n) is 25.6. The van der Waals surface area contributed by atoms with E-state index in [1.165, 1.54) is 0 Å². The smallest absolute Gasteiger partial charge is 0.290 e. The van der Waals surface area contributed by atoms with E-state index >= 15 is 0 Å². The van der Waals surface area contributed by atoms with Crippen LogP contribution in [-0.4, -0.2) is 69.0 Å². The Morgan fingerprint density at radius 2 is 1.62 bits per heavy atom. The van der Waals surface area contributed by atoms with Crippen molar-refractivity contribution in [1.82, 2.24) is 10.2 Å². The Balaban J connectivity index is 0.00000148. The van der Waals surface area contributed by atoms with Crippen LogP contribution in [0.2, 0.25) is 10.0 Å². The molecule has 1 fully saturated rings. The summed E-state index contributed by atoms with van der Waals surface area (Å²) in [7, 11) is 3.24. The third kappa shape index (κ3) is 9.06. The van der Waals surface area contributed by atoms with Crippen LogP contribution in [0.3, 0.4) is 0 Å². The van der Waals surface area contributed by atoms with E-state index in [-0.39, 0.29) is 18.4 Å². The summed E-state index contributed by atoms with van der Waals surface area (Å²) in [5.41, 5.74) is 4.91. The number of nitrogens with one attached hydrogen (secondary N) is 1. The van der Waals surface area contributed by atoms with Crippen molar-refractivity contribution in [1.29, 1.82) is 0 Å². The molecule has 3 aromatic rings. The fraction of sp³-hybridized carbons (Fsp3) is 0.353. The van der Waals surface area contributed by atoms with Gasteiger partial charge in [0.2, 0.25) is 0 Å². The maximum absolute atomic E-state index is 14.0. The third-order valence-corrected chi connectivity index (χ3v) is 8.03. The van der Waals surface area contributed by atoms with Crippen molar-refractivity contribution >= 4 is 41.2 Å². The van der Waals surface area contributed by atoms with Crippen LogP contribution in [0.15, 0.2) is 60.2 Å². The predicted octanol–water partition coefficient (Wildman–Crippen LogP) is 6.42. The highest BCUT2D eigenvalue weighted by atomic mass is 35.5. The summed E-state index contributed by atoms with van der Waals surface area (Å²) in [6.45, 7) is 4.21. The second kappa shape index (κ2) is 16.4. The number of amides is 1.